The van der Waals surface area contributed by atoms with E-state index in [2.05, 4.69) is 15.5 Å². The summed E-state index contributed by atoms with van der Waals surface area (Å²) in [6.07, 6.45) is 0. The summed E-state index contributed by atoms with van der Waals surface area (Å²) in [4.78, 5) is 17.9. The second-order valence-electron chi connectivity index (χ2n) is 5.29. The van der Waals surface area contributed by atoms with Crippen LogP contribution in [0.5, 0.6) is 5.75 Å². The maximum absolute atomic E-state index is 12.0. The van der Waals surface area contributed by atoms with Gasteiger partial charge in [0.15, 0.2) is 5.82 Å². The molecule has 2 aromatic rings. The molecule has 0 atom stereocenters. The molecule has 7 nitrogen and oxygen atoms in total. The molecule has 1 N–H and O–H groups in total. The van der Waals surface area contributed by atoms with Crippen molar-refractivity contribution in [1.82, 2.24) is 20.4 Å². The van der Waals surface area contributed by atoms with Crippen LogP contribution in [-0.2, 0) is 6.54 Å². The average molecular weight is 302 g/mol. The second kappa shape index (κ2) is 6.05. The number of carbonyl (C=O) groups is 1. The summed E-state index contributed by atoms with van der Waals surface area (Å²) >= 11 is 0. The van der Waals surface area contributed by atoms with Crippen LogP contribution in [0.1, 0.15) is 23.2 Å². The lowest BCUT2D eigenvalue weighted by atomic mass is 10.0. The SMILES string of the molecule is COc1ccc(CNC(=O)N2CC(c3nc(C)no3)C2)cc1. The van der Waals surface area contributed by atoms with Gasteiger partial charge in [-0.3, -0.25) is 0 Å². The van der Waals surface area contributed by atoms with Crippen LogP contribution in [0.15, 0.2) is 28.8 Å². The van der Waals surface area contributed by atoms with Gasteiger partial charge >= 0.3 is 6.03 Å². The molecule has 1 aromatic heterocycles. The van der Waals surface area contributed by atoms with Crippen LogP contribution >= 0.6 is 0 Å². The Hall–Kier alpha value is -2.57. The van der Waals surface area contributed by atoms with Gasteiger partial charge in [0.2, 0.25) is 5.89 Å². The van der Waals surface area contributed by atoms with E-state index in [1.165, 1.54) is 0 Å². The molecule has 1 fully saturated rings. The Balaban J connectivity index is 1.45. The van der Waals surface area contributed by atoms with Crippen LogP contribution in [0.25, 0.3) is 0 Å². The number of hydrogen-bond acceptors (Lipinski definition) is 5. The highest BCUT2D eigenvalue weighted by Crippen LogP contribution is 2.25. The van der Waals surface area contributed by atoms with E-state index in [9.17, 15) is 4.79 Å². The number of nitrogens with one attached hydrogen (secondary N) is 1. The summed E-state index contributed by atoms with van der Waals surface area (Å²) in [6.45, 7) is 3.49. The molecule has 2 amide bonds. The van der Waals surface area contributed by atoms with Gasteiger partial charge in [-0.15, -0.1) is 0 Å². The molecule has 2 heterocycles. The van der Waals surface area contributed by atoms with Gasteiger partial charge in [0.25, 0.3) is 0 Å². The zero-order valence-corrected chi connectivity index (χ0v) is 12.6. The molecule has 0 bridgehead atoms. The molecule has 0 saturated carbocycles. The third-order valence-electron chi connectivity index (χ3n) is 3.66. The van der Waals surface area contributed by atoms with Gasteiger partial charge in [-0.05, 0) is 24.6 Å². The topological polar surface area (TPSA) is 80.5 Å². The lowest BCUT2D eigenvalue weighted by Crippen LogP contribution is -2.52. The molecular formula is C15H18N4O3. The van der Waals surface area contributed by atoms with E-state index in [1.807, 2.05) is 24.3 Å². The minimum atomic E-state index is -0.0803. The molecule has 7 heteroatoms. The highest BCUT2D eigenvalue weighted by molar-refractivity contribution is 5.75. The van der Waals surface area contributed by atoms with Crippen molar-refractivity contribution in [2.24, 2.45) is 0 Å². The lowest BCUT2D eigenvalue weighted by molar-refractivity contribution is 0.136. The number of rotatable bonds is 4. The van der Waals surface area contributed by atoms with Crippen molar-refractivity contribution >= 4 is 6.03 Å². The molecule has 116 valence electrons. The Morgan fingerprint density at radius 1 is 1.41 bits per heavy atom. The average Bonchev–Trinajstić information content (AvgIpc) is 2.90. The number of urea groups is 1. The maximum atomic E-state index is 12.0. The van der Waals surface area contributed by atoms with Crippen LogP contribution in [-0.4, -0.2) is 41.3 Å². The number of aryl methyl sites for hydroxylation is 1. The van der Waals surface area contributed by atoms with Gasteiger partial charge in [-0.2, -0.15) is 4.98 Å². The molecule has 0 unspecified atom stereocenters. The van der Waals surface area contributed by atoms with Crippen molar-refractivity contribution in [2.45, 2.75) is 19.4 Å². The fourth-order valence-electron chi connectivity index (χ4n) is 2.31. The number of carbonyl (C=O) groups excluding carboxylic acids is 1. The van der Waals surface area contributed by atoms with Crippen molar-refractivity contribution in [1.29, 1.82) is 0 Å². The number of aromatic nitrogens is 2. The molecule has 1 aromatic carbocycles. The Morgan fingerprint density at radius 2 is 2.14 bits per heavy atom. The fourth-order valence-corrected chi connectivity index (χ4v) is 2.31. The zero-order chi connectivity index (χ0) is 15.5. The second-order valence-corrected chi connectivity index (χ2v) is 5.29. The normalized spacial score (nSPS) is 14.5. The summed E-state index contributed by atoms with van der Waals surface area (Å²) in [6, 6.07) is 7.53. The Kier molecular flexibility index (Phi) is 3.95. The summed E-state index contributed by atoms with van der Waals surface area (Å²) in [7, 11) is 1.63. The van der Waals surface area contributed by atoms with E-state index in [0.717, 1.165) is 11.3 Å². The van der Waals surface area contributed by atoms with Gasteiger partial charge in [-0.25, -0.2) is 4.79 Å². The van der Waals surface area contributed by atoms with Crippen LogP contribution in [0.4, 0.5) is 4.79 Å². The third-order valence-corrected chi connectivity index (χ3v) is 3.66. The van der Waals surface area contributed by atoms with Crippen molar-refractivity contribution in [3.63, 3.8) is 0 Å². The summed E-state index contributed by atoms with van der Waals surface area (Å²) in [5, 5.41) is 6.66. The minimum Gasteiger partial charge on any atom is -0.497 e. The van der Waals surface area contributed by atoms with E-state index in [1.54, 1.807) is 18.9 Å². The standard InChI is InChI=1S/C15H18N4O3/c1-10-17-14(22-18-10)12-8-19(9-12)15(20)16-7-11-3-5-13(21-2)6-4-11/h3-6,12H,7-9H2,1-2H3,(H,16,20). The van der Waals surface area contributed by atoms with Gasteiger partial charge in [0, 0.05) is 19.6 Å². The molecule has 3 rings (SSSR count). The molecule has 0 radical (unpaired) electrons. The molecule has 22 heavy (non-hydrogen) atoms. The maximum Gasteiger partial charge on any atom is 0.317 e. The first-order valence-electron chi connectivity index (χ1n) is 7.11. The van der Waals surface area contributed by atoms with Gasteiger partial charge in [0.05, 0.1) is 13.0 Å². The van der Waals surface area contributed by atoms with E-state index < -0.39 is 0 Å². The van der Waals surface area contributed by atoms with Crippen LogP contribution in [0.3, 0.4) is 0 Å². The molecule has 0 spiro atoms. The molecular weight excluding hydrogens is 284 g/mol. The predicted molar refractivity (Wildman–Crippen MR) is 78.6 cm³/mol. The van der Waals surface area contributed by atoms with Crippen molar-refractivity contribution in [3.8, 4) is 5.75 Å². The van der Waals surface area contributed by atoms with Crippen molar-refractivity contribution < 1.29 is 14.1 Å². The summed E-state index contributed by atoms with van der Waals surface area (Å²) in [5.41, 5.74) is 1.03. The summed E-state index contributed by atoms with van der Waals surface area (Å²) < 4.78 is 10.2. The minimum absolute atomic E-state index is 0.0803. The largest absolute Gasteiger partial charge is 0.497 e. The van der Waals surface area contributed by atoms with E-state index in [-0.39, 0.29) is 11.9 Å². The third kappa shape index (κ3) is 3.03. The van der Waals surface area contributed by atoms with Gasteiger partial charge < -0.3 is 19.5 Å². The molecule has 1 saturated heterocycles. The first-order chi connectivity index (χ1) is 10.7. The highest BCUT2D eigenvalue weighted by Gasteiger charge is 2.35. The van der Waals surface area contributed by atoms with Crippen LogP contribution < -0.4 is 10.1 Å². The van der Waals surface area contributed by atoms with E-state index in [0.29, 0.717) is 31.3 Å². The number of hydrogen-bond donors (Lipinski definition) is 1. The first-order valence-corrected chi connectivity index (χ1v) is 7.11. The van der Waals surface area contributed by atoms with E-state index >= 15 is 0 Å². The van der Waals surface area contributed by atoms with Crippen LogP contribution in [0, 0.1) is 6.92 Å². The van der Waals surface area contributed by atoms with Gasteiger partial charge in [0.1, 0.15) is 5.75 Å². The number of ether oxygens (including phenoxy) is 1. The Bertz CT molecular complexity index is 647. The monoisotopic (exact) mass is 302 g/mol. The Morgan fingerprint density at radius 3 is 2.73 bits per heavy atom. The number of nitrogens with zero attached hydrogens (tertiary/aromatic N) is 3. The quantitative estimate of drug-likeness (QED) is 0.929. The van der Waals surface area contributed by atoms with Crippen molar-refractivity contribution in [2.75, 3.05) is 20.2 Å². The smallest absolute Gasteiger partial charge is 0.317 e. The van der Waals surface area contributed by atoms with Gasteiger partial charge in [-0.1, -0.05) is 17.3 Å². The van der Waals surface area contributed by atoms with E-state index in [4.69, 9.17) is 9.26 Å². The number of methoxy groups -OCH3 is 1. The molecule has 0 aliphatic carbocycles. The van der Waals surface area contributed by atoms with Crippen LogP contribution in [0.2, 0.25) is 0 Å². The fraction of sp³-hybridized carbons (Fsp3) is 0.400. The van der Waals surface area contributed by atoms with Crippen molar-refractivity contribution in [3.05, 3.63) is 41.5 Å². The Labute approximate surface area is 128 Å². The zero-order valence-electron chi connectivity index (χ0n) is 12.6. The number of amides is 2. The molecule has 1 aliphatic rings. The highest BCUT2D eigenvalue weighted by atomic mass is 16.5. The first kappa shape index (κ1) is 14.4. The predicted octanol–water partition coefficient (Wildman–Crippen LogP) is 1.70. The molecule has 1 aliphatic heterocycles. The number of likely N-dealkylation sites (tertiary alicyclic amines) is 1. The summed E-state index contributed by atoms with van der Waals surface area (Å²) in [5.74, 6) is 2.18. The lowest BCUT2D eigenvalue weighted by Gasteiger charge is -2.36. The number of benzene rings is 1.